The molecule has 19 heavy (non-hydrogen) atoms. The molecule has 102 valence electrons. The highest BCUT2D eigenvalue weighted by atomic mass is 16.3. The van der Waals surface area contributed by atoms with Gasteiger partial charge in [0.05, 0.1) is 12.5 Å². The predicted octanol–water partition coefficient (Wildman–Crippen LogP) is 2.03. The van der Waals surface area contributed by atoms with E-state index in [1.807, 2.05) is 26.4 Å². The van der Waals surface area contributed by atoms with Gasteiger partial charge in [0.2, 0.25) is 0 Å². The maximum absolute atomic E-state index is 12.1. The van der Waals surface area contributed by atoms with Crippen LogP contribution in [-0.2, 0) is 13.5 Å². The van der Waals surface area contributed by atoms with Crippen molar-refractivity contribution in [2.75, 3.05) is 13.6 Å². The molecule has 0 aromatic carbocycles. The SMILES string of the molecule is Cc1ccoc1C(=O)N(C)CCCc1cnn(C)c1. The van der Waals surface area contributed by atoms with Gasteiger partial charge in [0.15, 0.2) is 5.76 Å². The van der Waals surface area contributed by atoms with E-state index in [0.29, 0.717) is 12.3 Å². The van der Waals surface area contributed by atoms with Crippen LogP contribution in [0.4, 0.5) is 0 Å². The Labute approximate surface area is 112 Å². The molecule has 0 fully saturated rings. The monoisotopic (exact) mass is 261 g/mol. The smallest absolute Gasteiger partial charge is 0.289 e. The Kier molecular flexibility index (Phi) is 4.04. The molecule has 0 aliphatic carbocycles. The summed E-state index contributed by atoms with van der Waals surface area (Å²) in [5.74, 6) is 0.373. The van der Waals surface area contributed by atoms with Gasteiger partial charge >= 0.3 is 0 Å². The Balaban J connectivity index is 1.83. The predicted molar refractivity (Wildman–Crippen MR) is 71.9 cm³/mol. The molecule has 0 saturated carbocycles. The van der Waals surface area contributed by atoms with Crippen molar-refractivity contribution in [3.05, 3.63) is 41.6 Å². The van der Waals surface area contributed by atoms with Crippen molar-refractivity contribution in [2.24, 2.45) is 7.05 Å². The van der Waals surface area contributed by atoms with E-state index in [1.165, 1.54) is 5.56 Å². The summed E-state index contributed by atoms with van der Waals surface area (Å²) in [5.41, 5.74) is 2.07. The molecule has 0 aliphatic rings. The van der Waals surface area contributed by atoms with Gasteiger partial charge in [0.1, 0.15) is 0 Å². The van der Waals surface area contributed by atoms with Crippen molar-refractivity contribution in [1.82, 2.24) is 14.7 Å². The second-order valence-corrected chi connectivity index (χ2v) is 4.79. The van der Waals surface area contributed by atoms with E-state index in [4.69, 9.17) is 4.42 Å². The molecule has 2 aromatic rings. The highest BCUT2D eigenvalue weighted by Crippen LogP contribution is 2.11. The van der Waals surface area contributed by atoms with Crippen LogP contribution >= 0.6 is 0 Å². The van der Waals surface area contributed by atoms with Crippen LogP contribution in [0.3, 0.4) is 0 Å². The molecule has 0 unspecified atom stereocenters. The lowest BCUT2D eigenvalue weighted by molar-refractivity contribution is 0.0761. The van der Waals surface area contributed by atoms with Crippen LogP contribution in [0.5, 0.6) is 0 Å². The quantitative estimate of drug-likeness (QED) is 0.827. The Morgan fingerprint density at radius 2 is 2.32 bits per heavy atom. The third kappa shape index (κ3) is 3.24. The fourth-order valence-electron chi connectivity index (χ4n) is 1.99. The van der Waals surface area contributed by atoms with E-state index >= 15 is 0 Å². The van der Waals surface area contributed by atoms with Gasteiger partial charge in [-0.15, -0.1) is 0 Å². The molecule has 0 spiro atoms. The lowest BCUT2D eigenvalue weighted by Gasteiger charge is -2.15. The van der Waals surface area contributed by atoms with Crippen LogP contribution in [0.2, 0.25) is 0 Å². The number of amides is 1. The summed E-state index contributed by atoms with van der Waals surface area (Å²) in [5, 5.41) is 4.12. The van der Waals surface area contributed by atoms with Gasteiger partial charge in [0, 0.05) is 32.4 Å². The maximum atomic E-state index is 12.1. The highest BCUT2D eigenvalue weighted by molar-refractivity contribution is 5.92. The largest absolute Gasteiger partial charge is 0.459 e. The molecule has 0 aliphatic heterocycles. The van der Waals surface area contributed by atoms with E-state index in [-0.39, 0.29) is 5.91 Å². The summed E-state index contributed by atoms with van der Waals surface area (Å²) >= 11 is 0. The number of furan rings is 1. The average Bonchev–Trinajstić information content (AvgIpc) is 2.97. The number of hydrogen-bond acceptors (Lipinski definition) is 3. The minimum absolute atomic E-state index is 0.0614. The number of aryl methyl sites for hydroxylation is 3. The van der Waals surface area contributed by atoms with Crippen LogP contribution in [-0.4, -0.2) is 34.2 Å². The van der Waals surface area contributed by atoms with Crippen LogP contribution < -0.4 is 0 Å². The third-order valence-electron chi connectivity index (χ3n) is 3.12. The Hall–Kier alpha value is -2.04. The molecule has 2 rings (SSSR count). The van der Waals surface area contributed by atoms with E-state index < -0.39 is 0 Å². The second kappa shape index (κ2) is 5.73. The van der Waals surface area contributed by atoms with Crippen molar-refractivity contribution in [3.63, 3.8) is 0 Å². The van der Waals surface area contributed by atoms with Crippen molar-refractivity contribution in [2.45, 2.75) is 19.8 Å². The fourth-order valence-corrected chi connectivity index (χ4v) is 1.99. The van der Waals surface area contributed by atoms with Gasteiger partial charge in [-0.2, -0.15) is 5.10 Å². The molecule has 2 heterocycles. The van der Waals surface area contributed by atoms with E-state index in [0.717, 1.165) is 18.4 Å². The number of nitrogens with zero attached hydrogens (tertiary/aromatic N) is 3. The lowest BCUT2D eigenvalue weighted by atomic mass is 10.2. The van der Waals surface area contributed by atoms with Crippen LogP contribution in [0, 0.1) is 6.92 Å². The number of rotatable bonds is 5. The molecule has 5 nitrogen and oxygen atoms in total. The average molecular weight is 261 g/mol. The number of carbonyl (C=O) groups excluding carboxylic acids is 1. The number of hydrogen-bond donors (Lipinski definition) is 0. The standard InChI is InChI=1S/C14H19N3O2/c1-11-6-8-19-13(11)14(18)16(2)7-4-5-12-9-15-17(3)10-12/h6,8-10H,4-5,7H2,1-3H3. The normalized spacial score (nSPS) is 10.7. The third-order valence-corrected chi connectivity index (χ3v) is 3.12. The second-order valence-electron chi connectivity index (χ2n) is 4.79. The van der Waals surface area contributed by atoms with Crippen molar-refractivity contribution in [3.8, 4) is 0 Å². The molecule has 2 aromatic heterocycles. The zero-order chi connectivity index (χ0) is 13.8. The van der Waals surface area contributed by atoms with E-state index in [2.05, 4.69) is 5.10 Å². The zero-order valence-electron chi connectivity index (χ0n) is 11.6. The Bertz CT molecular complexity index is 557. The van der Waals surface area contributed by atoms with Gasteiger partial charge in [-0.3, -0.25) is 9.48 Å². The molecule has 1 amide bonds. The first-order valence-electron chi connectivity index (χ1n) is 6.35. The highest BCUT2D eigenvalue weighted by Gasteiger charge is 2.16. The first-order valence-corrected chi connectivity index (χ1v) is 6.35. The number of aromatic nitrogens is 2. The zero-order valence-corrected chi connectivity index (χ0v) is 11.6. The van der Waals surface area contributed by atoms with Gasteiger partial charge in [-0.05, 0) is 31.4 Å². The summed E-state index contributed by atoms with van der Waals surface area (Å²) in [6.07, 6.45) is 7.24. The maximum Gasteiger partial charge on any atom is 0.289 e. The van der Waals surface area contributed by atoms with Crippen molar-refractivity contribution >= 4 is 5.91 Å². The molecular weight excluding hydrogens is 242 g/mol. The summed E-state index contributed by atoms with van der Waals surface area (Å²) in [6, 6.07) is 1.80. The summed E-state index contributed by atoms with van der Waals surface area (Å²) in [6.45, 7) is 2.58. The molecule has 0 atom stereocenters. The van der Waals surface area contributed by atoms with Crippen LogP contribution in [0.15, 0.2) is 29.1 Å². The van der Waals surface area contributed by atoms with Gasteiger partial charge < -0.3 is 9.32 Å². The van der Waals surface area contributed by atoms with Gasteiger partial charge in [0.25, 0.3) is 5.91 Å². The lowest BCUT2D eigenvalue weighted by Crippen LogP contribution is -2.28. The molecule has 0 radical (unpaired) electrons. The molecular formula is C14H19N3O2. The van der Waals surface area contributed by atoms with Crippen LogP contribution in [0.1, 0.15) is 28.1 Å². The topological polar surface area (TPSA) is 51.3 Å². The summed E-state index contributed by atoms with van der Waals surface area (Å²) in [7, 11) is 3.70. The van der Waals surface area contributed by atoms with E-state index in [9.17, 15) is 4.79 Å². The van der Waals surface area contributed by atoms with Crippen molar-refractivity contribution in [1.29, 1.82) is 0 Å². The molecule has 0 N–H and O–H groups in total. The molecule has 0 saturated heterocycles. The fraction of sp³-hybridized carbons (Fsp3) is 0.429. The van der Waals surface area contributed by atoms with Crippen LogP contribution in [0.25, 0.3) is 0 Å². The minimum Gasteiger partial charge on any atom is -0.459 e. The van der Waals surface area contributed by atoms with E-state index in [1.54, 1.807) is 29.0 Å². The van der Waals surface area contributed by atoms with Gasteiger partial charge in [-0.25, -0.2) is 0 Å². The molecule has 0 bridgehead atoms. The van der Waals surface area contributed by atoms with Gasteiger partial charge in [-0.1, -0.05) is 0 Å². The Morgan fingerprint density at radius 3 is 2.89 bits per heavy atom. The summed E-state index contributed by atoms with van der Waals surface area (Å²) < 4.78 is 7.00. The first kappa shape index (κ1) is 13.4. The van der Waals surface area contributed by atoms with Crippen molar-refractivity contribution < 1.29 is 9.21 Å². The number of carbonyl (C=O) groups is 1. The Morgan fingerprint density at radius 1 is 1.53 bits per heavy atom. The molecule has 5 heteroatoms. The first-order chi connectivity index (χ1) is 9.08. The minimum atomic E-state index is -0.0614. The summed E-state index contributed by atoms with van der Waals surface area (Å²) in [4.78, 5) is 13.8.